The fraction of sp³-hybridized carbons (Fsp3) is 0.304. The molecule has 1 aliphatic rings. The Hall–Kier alpha value is -2.25. The lowest BCUT2D eigenvalue weighted by Gasteiger charge is -2.31. The predicted molar refractivity (Wildman–Crippen MR) is 121 cm³/mol. The molecule has 1 fully saturated rings. The van der Waals surface area contributed by atoms with E-state index in [-0.39, 0.29) is 11.9 Å². The zero-order valence-electron chi connectivity index (χ0n) is 16.8. The molecule has 0 spiro atoms. The first-order valence-corrected chi connectivity index (χ1v) is 11.2. The maximum absolute atomic E-state index is 13.2. The summed E-state index contributed by atoms with van der Waals surface area (Å²) in [5, 5.41) is 4.69. The van der Waals surface area contributed by atoms with Crippen molar-refractivity contribution in [2.24, 2.45) is 0 Å². The molecule has 1 N–H and O–H groups in total. The van der Waals surface area contributed by atoms with Gasteiger partial charge >= 0.3 is 0 Å². The van der Waals surface area contributed by atoms with Crippen molar-refractivity contribution in [3.8, 4) is 10.6 Å². The number of carbonyl (C=O) groups excluding carboxylic acids is 1. The Morgan fingerprint density at radius 3 is 2.70 bits per heavy atom. The second-order valence-corrected chi connectivity index (χ2v) is 8.73. The number of thiazole rings is 1. The Morgan fingerprint density at radius 1 is 1.20 bits per heavy atom. The summed E-state index contributed by atoms with van der Waals surface area (Å²) in [6, 6.07) is 17.5. The number of halogens is 1. The summed E-state index contributed by atoms with van der Waals surface area (Å²) in [6.07, 6.45) is 0. The van der Waals surface area contributed by atoms with E-state index in [2.05, 4.69) is 27.3 Å². The van der Waals surface area contributed by atoms with Crippen molar-refractivity contribution in [3.05, 3.63) is 75.8 Å². The molecule has 2 heterocycles. The van der Waals surface area contributed by atoms with E-state index in [0.29, 0.717) is 9.90 Å². The molecule has 0 bridgehead atoms. The molecule has 0 radical (unpaired) electrons. The van der Waals surface area contributed by atoms with Crippen LogP contribution in [0.1, 0.15) is 27.0 Å². The normalized spacial score (nSPS) is 15.7. The number of rotatable bonds is 6. The van der Waals surface area contributed by atoms with Crippen LogP contribution in [0, 0.1) is 6.92 Å². The number of nitrogens with zero attached hydrogens (tertiary/aromatic N) is 2. The lowest BCUT2D eigenvalue weighted by Crippen LogP contribution is -2.43. The first-order valence-electron chi connectivity index (χ1n) is 9.99. The first kappa shape index (κ1) is 21.0. The molecule has 0 aliphatic carbocycles. The molecule has 1 amide bonds. The Kier molecular flexibility index (Phi) is 6.79. The minimum absolute atomic E-state index is 0.0969. The number of aromatic nitrogens is 1. The SMILES string of the molecule is Cc1nc(-c2cccc(Cl)c2)sc1C(=O)NC(CN1CCOCC1)c1ccccc1. The fourth-order valence-corrected chi connectivity index (χ4v) is 4.69. The average Bonchev–Trinajstić information content (AvgIpc) is 3.16. The third-order valence-electron chi connectivity index (χ3n) is 5.13. The summed E-state index contributed by atoms with van der Waals surface area (Å²) in [4.78, 5) is 20.8. The molecule has 1 atom stereocenters. The van der Waals surface area contributed by atoms with Gasteiger partial charge in [-0.2, -0.15) is 0 Å². The van der Waals surface area contributed by atoms with E-state index in [4.69, 9.17) is 16.3 Å². The van der Waals surface area contributed by atoms with Gasteiger partial charge in [0.25, 0.3) is 5.91 Å². The van der Waals surface area contributed by atoms with Crippen LogP contribution in [0.5, 0.6) is 0 Å². The second kappa shape index (κ2) is 9.71. The van der Waals surface area contributed by atoms with E-state index in [9.17, 15) is 4.79 Å². The van der Waals surface area contributed by atoms with Gasteiger partial charge in [-0.3, -0.25) is 9.69 Å². The highest BCUT2D eigenvalue weighted by Gasteiger charge is 2.23. The van der Waals surface area contributed by atoms with Gasteiger partial charge in [0, 0.05) is 30.2 Å². The minimum atomic E-state index is -0.104. The molecule has 1 unspecified atom stereocenters. The van der Waals surface area contributed by atoms with Gasteiger partial charge in [0.15, 0.2) is 0 Å². The minimum Gasteiger partial charge on any atom is -0.379 e. The highest BCUT2D eigenvalue weighted by molar-refractivity contribution is 7.17. The standard InChI is InChI=1S/C23H24ClN3O2S/c1-16-21(30-23(25-16)18-8-5-9-19(24)14-18)22(28)26-20(17-6-3-2-4-7-17)15-27-10-12-29-13-11-27/h2-9,14,20H,10-13,15H2,1H3,(H,26,28). The Morgan fingerprint density at radius 2 is 1.97 bits per heavy atom. The van der Waals surface area contributed by atoms with Crippen molar-refractivity contribution in [1.29, 1.82) is 0 Å². The summed E-state index contributed by atoms with van der Waals surface area (Å²) >= 11 is 7.51. The van der Waals surface area contributed by atoms with E-state index in [1.54, 1.807) is 0 Å². The fourth-order valence-electron chi connectivity index (χ4n) is 3.54. The molecule has 3 aromatic rings. The van der Waals surface area contributed by atoms with Crippen LogP contribution in [0.4, 0.5) is 0 Å². The summed E-state index contributed by atoms with van der Waals surface area (Å²) in [7, 11) is 0. The summed E-state index contributed by atoms with van der Waals surface area (Å²) in [5.41, 5.74) is 2.74. The van der Waals surface area contributed by atoms with Gasteiger partial charge in [-0.15, -0.1) is 11.3 Å². The molecule has 0 saturated carbocycles. The van der Waals surface area contributed by atoms with E-state index in [0.717, 1.165) is 54.7 Å². The predicted octanol–water partition coefficient (Wildman–Crippen LogP) is 4.58. The molecule has 156 valence electrons. The molecule has 30 heavy (non-hydrogen) atoms. The van der Waals surface area contributed by atoms with Crippen molar-refractivity contribution >= 4 is 28.8 Å². The molecular formula is C23H24ClN3O2S. The van der Waals surface area contributed by atoms with Crippen molar-refractivity contribution < 1.29 is 9.53 Å². The highest BCUT2D eigenvalue weighted by atomic mass is 35.5. The number of morpholine rings is 1. The monoisotopic (exact) mass is 441 g/mol. The smallest absolute Gasteiger partial charge is 0.263 e. The number of aryl methyl sites for hydroxylation is 1. The zero-order chi connectivity index (χ0) is 20.9. The van der Waals surface area contributed by atoms with Crippen LogP contribution in [0.2, 0.25) is 5.02 Å². The van der Waals surface area contributed by atoms with Crippen molar-refractivity contribution in [1.82, 2.24) is 15.2 Å². The number of amides is 1. The first-order chi connectivity index (χ1) is 14.6. The maximum atomic E-state index is 13.2. The molecule has 1 aliphatic heterocycles. The van der Waals surface area contributed by atoms with Gasteiger partial charge in [0.1, 0.15) is 9.88 Å². The van der Waals surface area contributed by atoms with Gasteiger partial charge in [-0.05, 0) is 24.6 Å². The van der Waals surface area contributed by atoms with Crippen molar-refractivity contribution in [2.45, 2.75) is 13.0 Å². The zero-order valence-corrected chi connectivity index (χ0v) is 18.4. The van der Waals surface area contributed by atoms with Crippen molar-refractivity contribution in [2.75, 3.05) is 32.8 Å². The summed E-state index contributed by atoms with van der Waals surface area (Å²) in [6.45, 7) is 5.82. The van der Waals surface area contributed by atoms with Gasteiger partial charge in [-0.1, -0.05) is 54.1 Å². The maximum Gasteiger partial charge on any atom is 0.263 e. The van der Waals surface area contributed by atoms with Crippen LogP contribution in [-0.2, 0) is 4.74 Å². The molecule has 1 saturated heterocycles. The molecule has 1 aromatic heterocycles. The summed E-state index contributed by atoms with van der Waals surface area (Å²) in [5.74, 6) is -0.0969. The topological polar surface area (TPSA) is 54.5 Å². The molecule has 7 heteroatoms. The van der Waals surface area contributed by atoms with Crippen LogP contribution in [0.25, 0.3) is 10.6 Å². The van der Waals surface area contributed by atoms with Crippen LogP contribution in [-0.4, -0.2) is 48.6 Å². The number of hydrogen-bond acceptors (Lipinski definition) is 5. The second-order valence-electron chi connectivity index (χ2n) is 7.29. The molecule has 4 rings (SSSR count). The third kappa shape index (κ3) is 5.08. The number of ether oxygens (including phenoxy) is 1. The number of hydrogen-bond donors (Lipinski definition) is 1. The number of nitrogens with one attached hydrogen (secondary N) is 1. The van der Waals surface area contributed by atoms with Crippen LogP contribution in [0.15, 0.2) is 54.6 Å². The van der Waals surface area contributed by atoms with E-state index < -0.39 is 0 Å². The van der Waals surface area contributed by atoms with Gasteiger partial charge in [0.2, 0.25) is 0 Å². The molecule has 5 nitrogen and oxygen atoms in total. The van der Waals surface area contributed by atoms with Gasteiger partial charge < -0.3 is 10.1 Å². The van der Waals surface area contributed by atoms with E-state index in [1.165, 1.54) is 11.3 Å². The average molecular weight is 442 g/mol. The quantitative estimate of drug-likeness (QED) is 0.608. The van der Waals surface area contributed by atoms with Crippen LogP contribution >= 0.6 is 22.9 Å². The lowest BCUT2D eigenvalue weighted by molar-refractivity contribution is 0.0332. The third-order valence-corrected chi connectivity index (χ3v) is 6.57. The summed E-state index contributed by atoms with van der Waals surface area (Å²) < 4.78 is 5.46. The van der Waals surface area contributed by atoms with Gasteiger partial charge in [0.05, 0.1) is 24.9 Å². The lowest BCUT2D eigenvalue weighted by atomic mass is 10.1. The Balaban J connectivity index is 1.55. The molecule has 2 aromatic carbocycles. The highest BCUT2D eigenvalue weighted by Crippen LogP contribution is 2.30. The van der Waals surface area contributed by atoms with E-state index >= 15 is 0 Å². The molecular weight excluding hydrogens is 418 g/mol. The number of carbonyl (C=O) groups is 1. The van der Waals surface area contributed by atoms with Crippen molar-refractivity contribution in [3.63, 3.8) is 0 Å². The Labute approximate surface area is 185 Å². The van der Waals surface area contributed by atoms with Crippen LogP contribution < -0.4 is 5.32 Å². The van der Waals surface area contributed by atoms with Gasteiger partial charge in [-0.25, -0.2) is 4.98 Å². The number of benzene rings is 2. The van der Waals surface area contributed by atoms with Crippen LogP contribution in [0.3, 0.4) is 0 Å². The largest absolute Gasteiger partial charge is 0.379 e. The Bertz CT molecular complexity index is 1000. The van der Waals surface area contributed by atoms with E-state index in [1.807, 2.05) is 49.4 Å².